The SMILES string of the molecule is C[C@@](N)(CCc1ccccc1)C(=O)O.Cl. The minimum atomic E-state index is -1.13. The first-order valence-corrected chi connectivity index (χ1v) is 4.58. The molecule has 1 aromatic carbocycles. The molecule has 1 aromatic rings. The van der Waals surface area contributed by atoms with Crippen molar-refractivity contribution in [2.24, 2.45) is 5.73 Å². The highest BCUT2D eigenvalue weighted by molar-refractivity contribution is 5.85. The lowest BCUT2D eigenvalue weighted by Gasteiger charge is -2.18. The van der Waals surface area contributed by atoms with E-state index in [0.29, 0.717) is 12.8 Å². The molecule has 1 rings (SSSR count). The van der Waals surface area contributed by atoms with Crippen molar-refractivity contribution >= 4 is 18.4 Å². The van der Waals surface area contributed by atoms with Crippen LogP contribution in [0.2, 0.25) is 0 Å². The number of aryl methyl sites for hydroxylation is 1. The first-order valence-electron chi connectivity index (χ1n) is 4.58. The minimum Gasteiger partial charge on any atom is -0.480 e. The van der Waals surface area contributed by atoms with Crippen molar-refractivity contribution in [3.63, 3.8) is 0 Å². The maximum Gasteiger partial charge on any atom is 0.323 e. The predicted molar refractivity (Wildman–Crippen MR) is 62.2 cm³/mol. The molecule has 0 heterocycles. The monoisotopic (exact) mass is 229 g/mol. The van der Waals surface area contributed by atoms with E-state index in [1.807, 2.05) is 30.3 Å². The van der Waals surface area contributed by atoms with Crippen LogP contribution in [0.3, 0.4) is 0 Å². The molecule has 0 aromatic heterocycles. The van der Waals surface area contributed by atoms with Crippen molar-refractivity contribution in [3.8, 4) is 0 Å². The number of carboxylic acids is 1. The summed E-state index contributed by atoms with van der Waals surface area (Å²) in [6.45, 7) is 1.54. The topological polar surface area (TPSA) is 63.3 Å². The molecule has 0 saturated carbocycles. The molecule has 0 aliphatic heterocycles. The maximum atomic E-state index is 10.7. The van der Waals surface area contributed by atoms with Crippen molar-refractivity contribution in [3.05, 3.63) is 35.9 Å². The molecule has 15 heavy (non-hydrogen) atoms. The van der Waals surface area contributed by atoms with E-state index in [-0.39, 0.29) is 12.4 Å². The van der Waals surface area contributed by atoms with Gasteiger partial charge in [0.15, 0.2) is 0 Å². The first kappa shape index (κ1) is 13.9. The van der Waals surface area contributed by atoms with Gasteiger partial charge in [0.05, 0.1) is 0 Å². The van der Waals surface area contributed by atoms with Gasteiger partial charge in [0.1, 0.15) is 5.54 Å². The van der Waals surface area contributed by atoms with Gasteiger partial charge in [-0.05, 0) is 25.3 Å². The van der Waals surface area contributed by atoms with Gasteiger partial charge in [-0.1, -0.05) is 30.3 Å². The zero-order chi connectivity index (χ0) is 10.6. The molecule has 84 valence electrons. The summed E-state index contributed by atoms with van der Waals surface area (Å²) in [5.41, 5.74) is 5.59. The van der Waals surface area contributed by atoms with Gasteiger partial charge < -0.3 is 10.8 Å². The molecule has 3 N–H and O–H groups in total. The van der Waals surface area contributed by atoms with E-state index in [4.69, 9.17) is 10.8 Å². The number of carboxylic acid groups (broad SMARTS) is 1. The fraction of sp³-hybridized carbons (Fsp3) is 0.364. The van der Waals surface area contributed by atoms with Crippen LogP contribution in [0, 0.1) is 0 Å². The Hall–Kier alpha value is -1.06. The Morgan fingerprint density at radius 2 is 1.93 bits per heavy atom. The molecule has 0 spiro atoms. The Kier molecular flexibility index (Phi) is 5.33. The van der Waals surface area contributed by atoms with Crippen LogP contribution in [-0.2, 0) is 11.2 Å². The summed E-state index contributed by atoms with van der Waals surface area (Å²) < 4.78 is 0. The Morgan fingerprint density at radius 3 is 2.40 bits per heavy atom. The summed E-state index contributed by atoms with van der Waals surface area (Å²) in [6.07, 6.45) is 1.15. The standard InChI is InChI=1S/C11H15NO2.ClH/c1-11(12,10(13)14)8-7-9-5-3-2-4-6-9;/h2-6H,7-8,12H2,1H3,(H,13,14);1H/t11-;/m1./s1. The zero-order valence-electron chi connectivity index (χ0n) is 8.64. The Labute approximate surface area is 95.7 Å². The Morgan fingerprint density at radius 1 is 1.40 bits per heavy atom. The molecule has 0 aliphatic rings. The fourth-order valence-corrected chi connectivity index (χ4v) is 1.16. The van der Waals surface area contributed by atoms with Crippen molar-refractivity contribution < 1.29 is 9.90 Å². The van der Waals surface area contributed by atoms with E-state index in [2.05, 4.69) is 0 Å². The summed E-state index contributed by atoms with van der Waals surface area (Å²) in [5.74, 6) is -0.951. The van der Waals surface area contributed by atoms with E-state index >= 15 is 0 Å². The average Bonchev–Trinajstić information content (AvgIpc) is 2.16. The number of benzene rings is 1. The van der Waals surface area contributed by atoms with Crippen molar-refractivity contribution in [1.82, 2.24) is 0 Å². The number of hydrogen-bond acceptors (Lipinski definition) is 2. The summed E-state index contributed by atoms with van der Waals surface area (Å²) in [6, 6.07) is 9.74. The predicted octanol–water partition coefficient (Wildman–Crippen LogP) is 1.84. The third kappa shape index (κ3) is 4.32. The number of carbonyl (C=O) groups is 1. The molecule has 4 heteroatoms. The highest BCUT2D eigenvalue weighted by Crippen LogP contribution is 2.11. The van der Waals surface area contributed by atoms with Crippen LogP contribution < -0.4 is 5.73 Å². The summed E-state index contributed by atoms with van der Waals surface area (Å²) in [4.78, 5) is 10.7. The molecule has 0 amide bonds. The van der Waals surface area contributed by atoms with E-state index in [0.717, 1.165) is 5.56 Å². The van der Waals surface area contributed by atoms with Crippen LogP contribution in [0.15, 0.2) is 30.3 Å². The summed E-state index contributed by atoms with van der Waals surface area (Å²) >= 11 is 0. The van der Waals surface area contributed by atoms with Crippen LogP contribution in [-0.4, -0.2) is 16.6 Å². The highest BCUT2D eigenvalue weighted by atomic mass is 35.5. The maximum absolute atomic E-state index is 10.7. The van der Waals surface area contributed by atoms with Gasteiger partial charge in [0.2, 0.25) is 0 Å². The van der Waals surface area contributed by atoms with Crippen molar-refractivity contribution in [2.75, 3.05) is 0 Å². The van der Waals surface area contributed by atoms with Crippen LogP contribution in [0.5, 0.6) is 0 Å². The number of nitrogens with two attached hydrogens (primary N) is 1. The van der Waals surface area contributed by atoms with Crippen LogP contribution in [0.25, 0.3) is 0 Å². The number of aliphatic carboxylic acids is 1. The first-order chi connectivity index (χ1) is 6.52. The molecule has 0 saturated heterocycles. The number of halogens is 1. The van der Waals surface area contributed by atoms with E-state index in [1.54, 1.807) is 0 Å². The van der Waals surface area contributed by atoms with Gasteiger partial charge in [-0.3, -0.25) is 4.79 Å². The lowest BCUT2D eigenvalue weighted by Crippen LogP contribution is -2.45. The third-order valence-electron chi connectivity index (χ3n) is 2.26. The van der Waals surface area contributed by atoms with Crippen LogP contribution in [0.1, 0.15) is 18.9 Å². The number of rotatable bonds is 4. The molecule has 0 aliphatic carbocycles. The lowest BCUT2D eigenvalue weighted by atomic mass is 9.95. The average molecular weight is 230 g/mol. The van der Waals surface area contributed by atoms with Gasteiger partial charge in [-0.25, -0.2) is 0 Å². The molecule has 0 bridgehead atoms. The van der Waals surface area contributed by atoms with Gasteiger partial charge in [-0.2, -0.15) is 0 Å². The second-order valence-corrected chi connectivity index (χ2v) is 3.71. The molecular weight excluding hydrogens is 214 g/mol. The molecule has 1 atom stereocenters. The molecule has 0 radical (unpaired) electrons. The quantitative estimate of drug-likeness (QED) is 0.828. The van der Waals surface area contributed by atoms with E-state index in [1.165, 1.54) is 6.92 Å². The van der Waals surface area contributed by atoms with E-state index < -0.39 is 11.5 Å². The highest BCUT2D eigenvalue weighted by Gasteiger charge is 2.26. The van der Waals surface area contributed by atoms with Crippen molar-refractivity contribution in [2.45, 2.75) is 25.3 Å². The van der Waals surface area contributed by atoms with Gasteiger partial charge in [-0.15, -0.1) is 12.4 Å². The smallest absolute Gasteiger partial charge is 0.323 e. The zero-order valence-corrected chi connectivity index (χ0v) is 9.46. The van der Waals surface area contributed by atoms with Gasteiger partial charge in [0, 0.05) is 0 Å². The second-order valence-electron chi connectivity index (χ2n) is 3.71. The van der Waals surface area contributed by atoms with Crippen LogP contribution in [0.4, 0.5) is 0 Å². The Bertz CT molecular complexity index is 312. The second kappa shape index (κ2) is 5.73. The molecule has 0 unspecified atom stereocenters. The Balaban J connectivity index is 0.00000196. The molecule has 0 fully saturated rings. The lowest BCUT2D eigenvalue weighted by molar-refractivity contribution is -0.142. The van der Waals surface area contributed by atoms with Gasteiger partial charge in [0.25, 0.3) is 0 Å². The minimum absolute atomic E-state index is 0. The fourth-order valence-electron chi connectivity index (χ4n) is 1.16. The molecular formula is C11H16ClNO2. The largest absolute Gasteiger partial charge is 0.480 e. The van der Waals surface area contributed by atoms with Crippen LogP contribution >= 0.6 is 12.4 Å². The normalized spacial score (nSPS) is 13.7. The summed E-state index contributed by atoms with van der Waals surface area (Å²) in [7, 11) is 0. The van der Waals surface area contributed by atoms with Crippen molar-refractivity contribution in [1.29, 1.82) is 0 Å². The summed E-state index contributed by atoms with van der Waals surface area (Å²) in [5, 5.41) is 8.79. The van der Waals surface area contributed by atoms with E-state index in [9.17, 15) is 4.79 Å². The van der Waals surface area contributed by atoms with Gasteiger partial charge >= 0.3 is 5.97 Å². The third-order valence-corrected chi connectivity index (χ3v) is 2.26. The molecule has 3 nitrogen and oxygen atoms in total. The number of hydrogen-bond donors (Lipinski definition) is 2.